The van der Waals surface area contributed by atoms with Gasteiger partial charge in [-0.25, -0.2) is 19.2 Å². The van der Waals surface area contributed by atoms with Crippen molar-refractivity contribution in [3.63, 3.8) is 0 Å². The fourth-order valence-corrected chi connectivity index (χ4v) is 6.34. The highest BCUT2D eigenvalue weighted by atomic mass is 19.1. The molecule has 1 saturated heterocycles. The first-order valence-electron chi connectivity index (χ1n) is 14.8. The lowest BCUT2D eigenvalue weighted by molar-refractivity contribution is 0.0606. The molecule has 3 N–H and O–H groups in total. The number of aromatic carboxylic acids is 1. The normalized spacial score (nSPS) is 18.7. The van der Waals surface area contributed by atoms with Crippen LogP contribution in [-0.4, -0.2) is 73.4 Å². The number of methoxy groups -OCH3 is 1. The van der Waals surface area contributed by atoms with E-state index in [2.05, 4.69) is 4.57 Å². The van der Waals surface area contributed by atoms with Gasteiger partial charge in [-0.05, 0) is 61.6 Å². The van der Waals surface area contributed by atoms with Gasteiger partial charge in [-0.2, -0.15) is 0 Å². The molecule has 5 aromatic rings. The van der Waals surface area contributed by atoms with Crippen molar-refractivity contribution < 1.29 is 23.8 Å². The fourth-order valence-electron chi connectivity index (χ4n) is 6.34. The topological polar surface area (TPSA) is 129 Å². The standard InChI is InChI=1S/C33H33FN6O4/c1-38-29-26(11-20(13-28(29)44-2)32(41)39-16-21(34)14-22(35)17-39)37-31(38)27-12-19-9-10-25(23-5-3-4-6-24(23)33(42)43)36-30(19)40(27)15-18-7-8-18/h3-6,9-13,18,21-22H,7-8,14-17,35H2,1-2H3,(H,42,43)/t21-,22-/m1/s1. The number of hydrogen-bond donors (Lipinski definition) is 2. The summed E-state index contributed by atoms with van der Waals surface area (Å²) in [5.74, 6) is 0.371. The summed E-state index contributed by atoms with van der Waals surface area (Å²) in [5.41, 5.74) is 10.6. The van der Waals surface area contributed by atoms with Crippen molar-refractivity contribution >= 4 is 33.9 Å². The molecule has 2 aliphatic rings. The molecule has 10 nitrogen and oxygen atoms in total. The molecule has 7 rings (SSSR count). The number of hydrogen-bond acceptors (Lipinski definition) is 6. The fraction of sp³-hybridized carbons (Fsp3) is 0.333. The number of ether oxygens (including phenoxy) is 1. The highest BCUT2D eigenvalue weighted by molar-refractivity contribution is 6.00. The maximum atomic E-state index is 14.3. The molecule has 44 heavy (non-hydrogen) atoms. The number of pyridine rings is 1. The van der Waals surface area contributed by atoms with E-state index in [1.807, 2.05) is 35.9 Å². The maximum Gasteiger partial charge on any atom is 0.336 e. The number of amides is 1. The van der Waals surface area contributed by atoms with Gasteiger partial charge in [0.15, 0.2) is 5.82 Å². The summed E-state index contributed by atoms with van der Waals surface area (Å²) >= 11 is 0. The molecule has 2 atom stereocenters. The molecule has 3 aromatic heterocycles. The maximum absolute atomic E-state index is 14.3. The molecule has 0 spiro atoms. The van der Waals surface area contributed by atoms with Crippen LogP contribution in [0.4, 0.5) is 4.39 Å². The lowest BCUT2D eigenvalue weighted by atomic mass is 10.0. The van der Waals surface area contributed by atoms with Gasteiger partial charge in [0.2, 0.25) is 0 Å². The van der Waals surface area contributed by atoms with Crippen LogP contribution < -0.4 is 10.5 Å². The lowest BCUT2D eigenvalue weighted by Gasteiger charge is -2.33. The Morgan fingerprint density at radius 2 is 1.89 bits per heavy atom. The number of likely N-dealkylation sites (tertiary alicyclic amines) is 1. The van der Waals surface area contributed by atoms with Gasteiger partial charge in [-0.3, -0.25) is 4.79 Å². The number of benzene rings is 2. The number of carbonyl (C=O) groups is 2. The second kappa shape index (κ2) is 10.7. The summed E-state index contributed by atoms with van der Waals surface area (Å²) in [5, 5.41) is 10.7. The van der Waals surface area contributed by atoms with Gasteiger partial charge in [-0.15, -0.1) is 0 Å². The number of alkyl halides is 1. The molecule has 1 saturated carbocycles. The highest BCUT2D eigenvalue weighted by Crippen LogP contribution is 2.38. The molecule has 2 aromatic carbocycles. The number of fused-ring (bicyclic) bond motifs is 2. The van der Waals surface area contributed by atoms with Crippen molar-refractivity contribution in [2.24, 2.45) is 18.7 Å². The number of aryl methyl sites for hydroxylation is 1. The van der Waals surface area contributed by atoms with Gasteiger partial charge in [0, 0.05) is 42.7 Å². The van der Waals surface area contributed by atoms with E-state index in [4.69, 9.17) is 20.4 Å². The number of carbonyl (C=O) groups excluding carboxylic acids is 1. The molecule has 1 aliphatic heterocycles. The smallest absolute Gasteiger partial charge is 0.336 e. The predicted molar refractivity (Wildman–Crippen MR) is 165 cm³/mol. The van der Waals surface area contributed by atoms with Crippen LogP contribution in [-0.2, 0) is 13.6 Å². The summed E-state index contributed by atoms with van der Waals surface area (Å²) in [4.78, 5) is 36.8. The van der Waals surface area contributed by atoms with Crippen LogP contribution in [0.25, 0.3) is 44.8 Å². The molecular formula is C33H33FN6O4. The molecule has 0 radical (unpaired) electrons. The molecular weight excluding hydrogens is 563 g/mol. The minimum Gasteiger partial charge on any atom is -0.494 e. The number of halogens is 1. The van der Waals surface area contributed by atoms with Crippen LogP contribution in [0.5, 0.6) is 5.75 Å². The zero-order chi connectivity index (χ0) is 30.7. The van der Waals surface area contributed by atoms with Gasteiger partial charge in [0.25, 0.3) is 5.91 Å². The number of nitrogens with zero attached hydrogens (tertiary/aromatic N) is 5. The van der Waals surface area contributed by atoms with Crippen LogP contribution in [0, 0.1) is 5.92 Å². The summed E-state index contributed by atoms with van der Waals surface area (Å²) < 4.78 is 24.1. The summed E-state index contributed by atoms with van der Waals surface area (Å²) in [6.45, 7) is 1.05. The Labute approximate surface area is 252 Å². The molecule has 0 unspecified atom stereocenters. The number of carboxylic acid groups (broad SMARTS) is 1. The Balaban J connectivity index is 1.35. The first-order chi connectivity index (χ1) is 21.2. The third kappa shape index (κ3) is 4.86. The zero-order valence-electron chi connectivity index (χ0n) is 24.5. The Bertz CT molecular complexity index is 1930. The highest BCUT2D eigenvalue weighted by Gasteiger charge is 2.31. The van der Waals surface area contributed by atoms with Crippen molar-refractivity contribution in [2.45, 2.75) is 38.0 Å². The molecule has 226 valence electrons. The third-order valence-corrected chi connectivity index (χ3v) is 8.66. The minimum absolute atomic E-state index is 0.00749. The quantitative estimate of drug-likeness (QED) is 0.274. The van der Waals surface area contributed by atoms with E-state index >= 15 is 0 Å². The van der Waals surface area contributed by atoms with E-state index < -0.39 is 18.2 Å². The first kappa shape index (κ1) is 28.0. The Morgan fingerprint density at radius 1 is 1.09 bits per heavy atom. The monoisotopic (exact) mass is 596 g/mol. The number of piperidine rings is 1. The molecule has 4 heterocycles. The average molecular weight is 597 g/mol. The lowest BCUT2D eigenvalue weighted by Crippen LogP contribution is -2.50. The molecule has 11 heteroatoms. The number of carboxylic acids is 1. The van der Waals surface area contributed by atoms with Crippen LogP contribution in [0.3, 0.4) is 0 Å². The van der Waals surface area contributed by atoms with E-state index in [9.17, 15) is 19.1 Å². The van der Waals surface area contributed by atoms with Crippen LogP contribution in [0.2, 0.25) is 0 Å². The van der Waals surface area contributed by atoms with Crippen molar-refractivity contribution in [3.05, 3.63) is 65.7 Å². The van der Waals surface area contributed by atoms with Gasteiger partial charge in [-0.1, -0.05) is 18.2 Å². The van der Waals surface area contributed by atoms with Crippen molar-refractivity contribution in [2.75, 3.05) is 20.2 Å². The second-order valence-corrected chi connectivity index (χ2v) is 11.9. The van der Waals surface area contributed by atoms with Gasteiger partial charge in [0.1, 0.15) is 23.1 Å². The van der Waals surface area contributed by atoms with Crippen molar-refractivity contribution in [1.29, 1.82) is 0 Å². The number of rotatable bonds is 7. The second-order valence-electron chi connectivity index (χ2n) is 11.9. The Kier molecular flexibility index (Phi) is 6.84. The van der Waals surface area contributed by atoms with E-state index in [0.29, 0.717) is 46.4 Å². The van der Waals surface area contributed by atoms with Gasteiger partial charge >= 0.3 is 5.97 Å². The summed E-state index contributed by atoms with van der Waals surface area (Å²) in [6.07, 6.45) is 1.34. The average Bonchev–Trinajstić information content (AvgIpc) is 3.68. The molecule has 1 aliphatic carbocycles. The van der Waals surface area contributed by atoms with E-state index in [0.717, 1.165) is 41.6 Å². The number of aromatic nitrogens is 4. The van der Waals surface area contributed by atoms with E-state index in [1.165, 1.54) is 4.90 Å². The van der Waals surface area contributed by atoms with Crippen LogP contribution >= 0.6 is 0 Å². The van der Waals surface area contributed by atoms with E-state index in [1.54, 1.807) is 37.4 Å². The minimum atomic E-state index is -1.16. The van der Waals surface area contributed by atoms with Crippen molar-refractivity contribution in [1.82, 2.24) is 24.0 Å². The Hall–Kier alpha value is -4.77. The molecule has 2 fully saturated rings. The van der Waals surface area contributed by atoms with Gasteiger partial charge < -0.3 is 29.6 Å². The van der Waals surface area contributed by atoms with Gasteiger partial charge in [0.05, 0.1) is 36.1 Å². The van der Waals surface area contributed by atoms with E-state index in [-0.39, 0.29) is 24.4 Å². The largest absolute Gasteiger partial charge is 0.494 e. The molecule has 1 amide bonds. The Morgan fingerprint density at radius 3 is 2.61 bits per heavy atom. The summed E-state index contributed by atoms with van der Waals surface area (Å²) in [6, 6.07) is 15.7. The first-order valence-corrected chi connectivity index (χ1v) is 14.8. The van der Waals surface area contributed by atoms with Crippen molar-refractivity contribution in [3.8, 4) is 28.5 Å². The third-order valence-electron chi connectivity index (χ3n) is 8.66. The zero-order valence-corrected chi connectivity index (χ0v) is 24.5. The number of nitrogens with two attached hydrogens (primary N) is 1. The predicted octanol–water partition coefficient (Wildman–Crippen LogP) is 4.89. The van der Waals surface area contributed by atoms with Crippen LogP contribution in [0.15, 0.2) is 54.6 Å². The molecule has 0 bridgehead atoms. The number of imidazole rings is 1. The summed E-state index contributed by atoms with van der Waals surface area (Å²) in [7, 11) is 3.46. The SMILES string of the molecule is COc1cc(C(=O)N2C[C@H](N)C[C@@H](F)C2)cc2nc(-c3cc4ccc(-c5ccccc5C(=O)O)nc4n3CC3CC3)n(C)c12. The van der Waals surface area contributed by atoms with Crippen LogP contribution in [0.1, 0.15) is 40.0 Å².